The van der Waals surface area contributed by atoms with E-state index in [0.29, 0.717) is 33.7 Å². The molecule has 0 spiro atoms. The summed E-state index contributed by atoms with van der Waals surface area (Å²) in [7, 11) is 0. The lowest BCUT2D eigenvalue weighted by atomic mass is 9.93. The maximum atomic E-state index is 14.6. The van der Waals surface area contributed by atoms with Crippen LogP contribution in [0.1, 0.15) is 36.7 Å². The monoisotopic (exact) mass is 333 g/mol. The number of rotatable bonds is 5. The molecule has 1 atom stereocenters. The van der Waals surface area contributed by atoms with Crippen LogP contribution in [-0.4, -0.2) is 11.8 Å². The number of ketones is 1. The van der Waals surface area contributed by atoms with Crippen LogP contribution in [0.3, 0.4) is 0 Å². The van der Waals surface area contributed by atoms with Crippen molar-refractivity contribution >= 4 is 17.4 Å². The molecule has 2 nitrogen and oxygen atoms in total. The van der Waals surface area contributed by atoms with Crippen molar-refractivity contribution in [2.75, 3.05) is 0 Å². The van der Waals surface area contributed by atoms with E-state index < -0.39 is 6.04 Å². The highest BCUT2D eigenvalue weighted by Crippen LogP contribution is 2.32. The van der Waals surface area contributed by atoms with Crippen molar-refractivity contribution in [2.24, 2.45) is 11.7 Å². The van der Waals surface area contributed by atoms with Gasteiger partial charge in [-0.3, -0.25) is 4.79 Å². The van der Waals surface area contributed by atoms with Crippen LogP contribution in [0.2, 0.25) is 5.02 Å². The van der Waals surface area contributed by atoms with Crippen LogP contribution in [0.25, 0.3) is 11.1 Å². The zero-order valence-electron chi connectivity index (χ0n) is 13.6. The summed E-state index contributed by atoms with van der Waals surface area (Å²) in [5.74, 6) is -0.429. The number of hydrogen-bond donors (Lipinski definition) is 1. The minimum Gasteiger partial charge on any atom is -0.321 e. The minimum atomic E-state index is -0.587. The molecule has 0 aliphatic heterocycles. The first-order valence-corrected chi connectivity index (χ1v) is 8.11. The zero-order chi connectivity index (χ0) is 17.1. The van der Waals surface area contributed by atoms with Gasteiger partial charge in [-0.15, -0.1) is 0 Å². The van der Waals surface area contributed by atoms with Gasteiger partial charge in [-0.1, -0.05) is 50.6 Å². The van der Waals surface area contributed by atoms with Crippen LogP contribution in [0.5, 0.6) is 0 Å². The van der Waals surface area contributed by atoms with Gasteiger partial charge >= 0.3 is 0 Å². The molecule has 0 unspecified atom stereocenters. The lowest BCUT2D eigenvalue weighted by molar-refractivity contribution is 0.0940. The van der Waals surface area contributed by atoms with Gasteiger partial charge in [0.2, 0.25) is 0 Å². The van der Waals surface area contributed by atoms with Gasteiger partial charge in [-0.2, -0.15) is 0 Å². The topological polar surface area (TPSA) is 43.1 Å². The zero-order valence-corrected chi connectivity index (χ0v) is 14.3. The summed E-state index contributed by atoms with van der Waals surface area (Å²) in [5, 5.41) is 0.409. The van der Waals surface area contributed by atoms with Crippen molar-refractivity contribution in [3.05, 3.63) is 58.4 Å². The van der Waals surface area contributed by atoms with Gasteiger partial charge in [0.05, 0.1) is 6.04 Å². The van der Waals surface area contributed by atoms with Gasteiger partial charge in [0.1, 0.15) is 5.82 Å². The Bertz CT molecular complexity index is 727. The maximum Gasteiger partial charge on any atom is 0.179 e. The molecule has 2 N–H and O–H groups in total. The maximum absolute atomic E-state index is 14.6. The predicted octanol–water partition coefficient (Wildman–Crippen LogP) is 4.87. The molecule has 2 aromatic rings. The van der Waals surface area contributed by atoms with Crippen molar-refractivity contribution < 1.29 is 9.18 Å². The molecule has 0 heterocycles. The Labute approximate surface area is 141 Å². The molecule has 2 aromatic carbocycles. The predicted molar refractivity (Wildman–Crippen MR) is 93.4 cm³/mol. The van der Waals surface area contributed by atoms with E-state index in [0.717, 1.165) is 0 Å². The van der Waals surface area contributed by atoms with Crippen LogP contribution < -0.4 is 5.73 Å². The lowest BCUT2D eigenvalue weighted by Crippen LogP contribution is -2.35. The molecule has 0 saturated carbocycles. The number of carbonyl (C=O) groups excluding carboxylic acids is 1. The Morgan fingerprint density at radius 3 is 2.52 bits per heavy atom. The summed E-state index contributed by atoms with van der Waals surface area (Å²) >= 11 is 6.24. The van der Waals surface area contributed by atoms with Crippen LogP contribution in [-0.2, 0) is 6.42 Å². The van der Waals surface area contributed by atoms with E-state index in [1.807, 2.05) is 20.8 Å². The third-order valence-electron chi connectivity index (χ3n) is 4.02. The standard InChI is InChI=1S/C19H21ClFNO/c1-4-12-6-5-7-14(17(12)21)15-10-13(8-9-16(15)20)19(23)18(22)11(2)3/h5-11,18H,4,22H2,1-3H3/t18-/m0/s1. The first-order valence-electron chi connectivity index (χ1n) is 7.73. The Morgan fingerprint density at radius 2 is 1.91 bits per heavy atom. The molecular formula is C19H21ClFNO. The van der Waals surface area contributed by atoms with E-state index >= 15 is 0 Å². The first kappa shape index (κ1) is 17.6. The van der Waals surface area contributed by atoms with Crippen LogP contribution in [0, 0.1) is 11.7 Å². The van der Waals surface area contributed by atoms with Crippen molar-refractivity contribution in [2.45, 2.75) is 33.2 Å². The van der Waals surface area contributed by atoms with E-state index in [-0.39, 0.29) is 17.5 Å². The highest BCUT2D eigenvalue weighted by molar-refractivity contribution is 6.33. The molecule has 0 fully saturated rings. The molecule has 2 rings (SSSR count). The average Bonchev–Trinajstić information content (AvgIpc) is 2.54. The van der Waals surface area contributed by atoms with Crippen molar-refractivity contribution in [3.63, 3.8) is 0 Å². The molecule has 0 aliphatic rings. The molecule has 23 heavy (non-hydrogen) atoms. The lowest BCUT2D eigenvalue weighted by Gasteiger charge is -2.16. The number of Topliss-reactive ketones (excluding diaryl/α,β-unsaturated/α-hetero) is 1. The molecule has 4 heteroatoms. The van der Waals surface area contributed by atoms with Gasteiger partial charge in [0, 0.05) is 21.7 Å². The van der Waals surface area contributed by atoms with E-state index in [1.165, 1.54) is 0 Å². The molecule has 0 aliphatic carbocycles. The summed E-state index contributed by atoms with van der Waals surface area (Å²) < 4.78 is 14.6. The summed E-state index contributed by atoms with van der Waals surface area (Å²) in [6.45, 7) is 5.68. The Kier molecular flexibility index (Phi) is 5.55. The number of halogens is 2. The van der Waals surface area contributed by atoms with Gasteiger partial charge in [0.25, 0.3) is 0 Å². The molecule has 0 bridgehead atoms. The second-order valence-electron chi connectivity index (χ2n) is 5.96. The molecule has 122 valence electrons. The van der Waals surface area contributed by atoms with E-state index in [9.17, 15) is 9.18 Å². The Balaban J connectivity index is 2.53. The quantitative estimate of drug-likeness (QED) is 0.793. The normalized spacial score (nSPS) is 12.5. The Morgan fingerprint density at radius 1 is 1.22 bits per heavy atom. The highest BCUT2D eigenvalue weighted by atomic mass is 35.5. The molecule has 0 saturated heterocycles. The van der Waals surface area contributed by atoms with Gasteiger partial charge < -0.3 is 5.73 Å². The average molecular weight is 334 g/mol. The second-order valence-corrected chi connectivity index (χ2v) is 6.37. The van der Waals surface area contributed by atoms with Crippen LogP contribution in [0.4, 0.5) is 4.39 Å². The third-order valence-corrected chi connectivity index (χ3v) is 4.35. The SMILES string of the molecule is CCc1cccc(-c2cc(C(=O)[C@@H](N)C(C)C)ccc2Cl)c1F. The Hall–Kier alpha value is -1.71. The fourth-order valence-corrected chi connectivity index (χ4v) is 2.66. The van der Waals surface area contributed by atoms with Crippen molar-refractivity contribution in [1.82, 2.24) is 0 Å². The van der Waals surface area contributed by atoms with Gasteiger partial charge in [-0.05, 0) is 36.1 Å². The van der Waals surface area contributed by atoms with E-state index in [1.54, 1.807) is 36.4 Å². The van der Waals surface area contributed by atoms with Gasteiger partial charge in [0.15, 0.2) is 5.78 Å². The minimum absolute atomic E-state index is 0.0294. The van der Waals surface area contributed by atoms with Gasteiger partial charge in [-0.25, -0.2) is 4.39 Å². The summed E-state index contributed by atoms with van der Waals surface area (Å²) in [6, 6.07) is 9.51. The number of nitrogens with two attached hydrogens (primary N) is 1. The number of carbonyl (C=O) groups is 1. The fraction of sp³-hybridized carbons (Fsp3) is 0.316. The second kappa shape index (κ2) is 7.24. The van der Waals surface area contributed by atoms with E-state index in [2.05, 4.69) is 0 Å². The fourth-order valence-electron chi connectivity index (χ4n) is 2.44. The van der Waals surface area contributed by atoms with Crippen LogP contribution in [0.15, 0.2) is 36.4 Å². The summed E-state index contributed by atoms with van der Waals surface area (Å²) in [6.07, 6.45) is 0.591. The van der Waals surface area contributed by atoms with E-state index in [4.69, 9.17) is 17.3 Å². The molecule has 0 radical (unpaired) electrons. The summed E-state index contributed by atoms with van der Waals surface area (Å²) in [4.78, 5) is 12.4. The number of hydrogen-bond acceptors (Lipinski definition) is 2. The largest absolute Gasteiger partial charge is 0.321 e. The molecular weight excluding hydrogens is 313 g/mol. The third kappa shape index (κ3) is 3.62. The summed E-state index contributed by atoms with van der Waals surface area (Å²) in [5.41, 5.74) is 7.93. The first-order chi connectivity index (χ1) is 10.9. The van der Waals surface area contributed by atoms with Crippen LogP contribution >= 0.6 is 11.6 Å². The van der Waals surface area contributed by atoms with Crippen molar-refractivity contribution in [1.29, 1.82) is 0 Å². The number of benzene rings is 2. The molecule has 0 amide bonds. The molecule has 0 aromatic heterocycles. The highest BCUT2D eigenvalue weighted by Gasteiger charge is 2.21. The smallest absolute Gasteiger partial charge is 0.179 e. The number of aryl methyl sites for hydroxylation is 1. The van der Waals surface area contributed by atoms with Crippen molar-refractivity contribution in [3.8, 4) is 11.1 Å².